The Hall–Kier alpha value is -2.81. The molecule has 0 aliphatic heterocycles. The van der Waals surface area contributed by atoms with Crippen molar-refractivity contribution in [3.8, 4) is 5.69 Å². The highest BCUT2D eigenvalue weighted by molar-refractivity contribution is 6.14. The third-order valence-corrected chi connectivity index (χ3v) is 4.12. The highest BCUT2D eigenvalue weighted by Crippen LogP contribution is 2.27. The Morgan fingerprint density at radius 3 is 2.50 bits per heavy atom. The van der Waals surface area contributed by atoms with Gasteiger partial charge in [-0.2, -0.15) is 4.57 Å². The van der Waals surface area contributed by atoms with E-state index in [1.165, 1.54) is 0 Å². The third kappa shape index (κ3) is 2.02. The predicted molar refractivity (Wildman–Crippen MR) is 83.1 cm³/mol. The van der Waals surface area contributed by atoms with Crippen LogP contribution in [0, 0.1) is 0 Å². The molecule has 0 atom stereocenters. The van der Waals surface area contributed by atoms with Crippen LogP contribution in [0.25, 0.3) is 16.5 Å². The molecule has 1 aliphatic carbocycles. The Labute approximate surface area is 127 Å². The maximum absolute atomic E-state index is 12.1. The standard InChI is InChI=1S/C19H14NO2/c21-15-9-14-11-16-13(10-17(14)19(22)12-15)5-4-6-18(16)20-7-2-1-3-8-20/h1-8,10-11H,9,12H2/q+1. The van der Waals surface area contributed by atoms with E-state index < -0.39 is 0 Å². The zero-order valence-electron chi connectivity index (χ0n) is 12.0. The van der Waals surface area contributed by atoms with E-state index in [1.807, 2.05) is 65.5 Å². The lowest BCUT2D eigenvalue weighted by atomic mass is 9.87. The van der Waals surface area contributed by atoms with E-state index in [-0.39, 0.29) is 18.0 Å². The molecule has 3 heteroatoms. The molecule has 0 spiro atoms. The Bertz CT molecular complexity index is 913. The number of benzene rings is 2. The minimum atomic E-state index is -0.0640. The first kappa shape index (κ1) is 12.9. The minimum absolute atomic E-state index is 0.00157. The van der Waals surface area contributed by atoms with E-state index in [0.717, 1.165) is 22.0 Å². The van der Waals surface area contributed by atoms with Crippen molar-refractivity contribution in [2.24, 2.45) is 0 Å². The number of fused-ring (bicyclic) bond motifs is 2. The molecule has 1 aromatic heterocycles. The van der Waals surface area contributed by atoms with Crippen LogP contribution in [-0.4, -0.2) is 11.6 Å². The van der Waals surface area contributed by atoms with Gasteiger partial charge in [-0.1, -0.05) is 18.2 Å². The second kappa shape index (κ2) is 4.88. The topological polar surface area (TPSA) is 38.0 Å². The normalized spacial score (nSPS) is 14.2. The van der Waals surface area contributed by atoms with E-state index in [9.17, 15) is 9.59 Å². The van der Waals surface area contributed by atoms with E-state index in [1.54, 1.807) is 0 Å². The molecule has 0 amide bonds. The van der Waals surface area contributed by atoms with Crippen LogP contribution < -0.4 is 4.57 Å². The number of carbonyl (C=O) groups excluding carboxylic acids is 2. The fraction of sp³-hybridized carbons (Fsp3) is 0.105. The first-order chi connectivity index (χ1) is 10.7. The average molecular weight is 288 g/mol. The van der Waals surface area contributed by atoms with Gasteiger partial charge in [-0.3, -0.25) is 9.59 Å². The number of aromatic nitrogens is 1. The molecule has 3 nitrogen and oxygen atoms in total. The lowest BCUT2D eigenvalue weighted by Crippen LogP contribution is -2.29. The Kier molecular flexibility index (Phi) is 2.86. The molecule has 4 rings (SSSR count). The number of nitrogens with zero attached hydrogens (tertiary/aromatic N) is 1. The monoisotopic (exact) mass is 288 g/mol. The van der Waals surface area contributed by atoms with Gasteiger partial charge in [0.2, 0.25) is 5.69 Å². The molecule has 0 fully saturated rings. The molecule has 0 N–H and O–H groups in total. The van der Waals surface area contributed by atoms with Crippen LogP contribution in [-0.2, 0) is 11.2 Å². The van der Waals surface area contributed by atoms with E-state index in [4.69, 9.17) is 0 Å². The van der Waals surface area contributed by atoms with Crippen LogP contribution in [0.3, 0.4) is 0 Å². The smallest absolute Gasteiger partial charge is 0.218 e. The summed E-state index contributed by atoms with van der Waals surface area (Å²) in [6, 6.07) is 15.9. The van der Waals surface area contributed by atoms with Crippen molar-refractivity contribution in [3.05, 3.63) is 72.1 Å². The number of carbonyl (C=O) groups is 2. The first-order valence-corrected chi connectivity index (χ1v) is 7.29. The van der Waals surface area contributed by atoms with Crippen LogP contribution in [0.2, 0.25) is 0 Å². The molecular formula is C19H14NO2+. The van der Waals surface area contributed by atoms with E-state index in [0.29, 0.717) is 12.0 Å². The maximum atomic E-state index is 12.1. The molecule has 22 heavy (non-hydrogen) atoms. The molecular weight excluding hydrogens is 274 g/mol. The molecule has 3 aromatic rings. The average Bonchev–Trinajstić information content (AvgIpc) is 2.53. The number of Topliss-reactive ketones (excluding diaryl/α,β-unsaturated/α-hetero) is 2. The molecule has 0 unspecified atom stereocenters. The Morgan fingerprint density at radius 1 is 0.864 bits per heavy atom. The second-order valence-electron chi connectivity index (χ2n) is 5.61. The molecule has 0 saturated carbocycles. The van der Waals surface area contributed by atoms with Gasteiger partial charge < -0.3 is 0 Å². The number of rotatable bonds is 1. The van der Waals surface area contributed by atoms with E-state index in [2.05, 4.69) is 0 Å². The van der Waals surface area contributed by atoms with Crippen molar-refractivity contribution < 1.29 is 14.2 Å². The summed E-state index contributed by atoms with van der Waals surface area (Å²) in [5.74, 6) is -0.0624. The molecule has 0 radical (unpaired) electrons. The summed E-state index contributed by atoms with van der Waals surface area (Å²) in [6.45, 7) is 0. The summed E-state index contributed by atoms with van der Waals surface area (Å²) in [4.78, 5) is 23.8. The molecule has 1 heterocycles. The summed E-state index contributed by atoms with van der Waals surface area (Å²) >= 11 is 0. The molecule has 106 valence electrons. The van der Waals surface area contributed by atoms with Crippen LogP contribution >= 0.6 is 0 Å². The molecule has 0 bridgehead atoms. The lowest BCUT2D eigenvalue weighted by molar-refractivity contribution is -0.594. The van der Waals surface area contributed by atoms with Gasteiger partial charge in [0.25, 0.3) is 0 Å². The van der Waals surface area contributed by atoms with Gasteiger partial charge in [0, 0.05) is 30.2 Å². The zero-order chi connectivity index (χ0) is 15.1. The summed E-state index contributed by atoms with van der Waals surface area (Å²) < 4.78 is 2.04. The highest BCUT2D eigenvalue weighted by Gasteiger charge is 2.24. The molecule has 0 saturated heterocycles. The summed E-state index contributed by atoms with van der Waals surface area (Å²) in [7, 11) is 0. The Balaban J connectivity index is 2.00. The van der Waals surface area contributed by atoms with Crippen LogP contribution in [0.5, 0.6) is 0 Å². The largest absolute Gasteiger partial charge is 0.299 e. The number of ketones is 2. The summed E-state index contributed by atoms with van der Waals surface area (Å²) in [5, 5.41) is 2.08. The number of pyridine rings is 1. The fourth-order valence-corrected chi connectivity index (χ4v) is 3.09. The van der Waals surface area contributed by atoms with Crippen LogP contribution in [0.15, 0.2) is 60.9 Å². The van der Waals surface area contributed by atoms with Crippen molar-refractivity contribution in [1.29, 1.82) is 0 Å². The molecule has 2 aromatic carbocycles. The van der Waals surface area contributed by atoms with Gasteiger partial charge in [-0.25, -0.2) is 0 Å². The van der Waals surface area contributed by atoms with Gasteiger partial charge in [-0.15, -0.1) is 0 Å². The van der Waals surface area contributed by atoms with E-state index >= 15 is 0 Å². The SMILES string of the molecule is O=C1CC(=O)c2cc3cccc(-[n+]4ccccc4)c3cc2C1. The maximum Gasteiger partial charge on any atom is 0.218 e. The summed E-state index contributed by atoms with van der Waals surface area (Å²) in [6.07, 6.45) is 4.37. The van der Waals surface area contributed by atoms with Crippen molar-refractivity contribution >= 4 is 22.3 Å². The highest BCUT2D eigenvalue weighted by atomic mass is 16.1. The zero-order valence-corrected chi connectivity index (χ0v) is 12.0. The summed E-state index contributed by atoms with van der Waals surface area (Å²) in [5.41, 5.74) is 2.59. The molecule has 1 aliphatic rings. The lowest BCUT2D eigenvalue weighted by Gasteiger charge is -2.15. The Morgan fingerprint density at radius 2 is 1.68 bits per heavy atom. The van der Waals surface area contributed by atoms with Gasteiger partial charge in [0.15, 0.2) is 18.2 Å². The van der Waals surface area contributed by atoms with Crippen molar-refractivity contribution in [1.82, 2.24) is 0 Å². The van der Waals surface area contributed by atoms with Crippen LogP contribution in [0.4, 0.5) is 0 Å². The number of hydrogen-bond donors (Lipinski definition) is 0. The van der Waals surface area contributed by atoms with Crippen molar-refractivity contribution in [2.45, 2.75) is 12.8 Å². The number of hydrogen-bond acceptors (Lipinski definition) is 2. The van der Waals surface area contributed by atoms with Gasteiger partial charge >= 0.3 is 0 Å². The first-order valence-electron chi connectivity index (χ1n) is 7.29. The van der Waals surface area contributed by atoms with Crippen molar-refractivity contribution in [2.75, 3.05) is 0 Å². The second-order valence-corrected chi connectivity index (χ2v) is 5.61. The fourth-order valence-electron chi connectivity index (χ4n) is 3.09. The third-order valence-electron chi connectivity index (χ3n) is 4.12. The predicted octanol–water partition coefficient (Wildman–Crippen LogP) is 2.81. The minimum Gasteiger partial charge on any atom is -0.299 e. The van der Waals surface area contributed by atoms with Gasteiger partial charge in [0.1, 0.15) is 5.78 Å². The van der Waals surface area contributed by atoms with Crippen molar-refractivity contribution in [3.63, 3.8) is 0 Å². The van der Waals surface area contributed by atoms with Gasteiger partial charge in [-0.05, 0) is 23.1 Å². The quantitative estimate of drug-likeness (QED) is 0.510. The van der Waals surface area contributed by atoms with Gasteiger partial charge in [0.05, 0.1) is 11.8 Å². The van der Waals surface area contributed by atoms with Crippen LogP contribution in [0.1, 0.15) is 22.3 Å².